The van der Waals surface area contributed by atoms with E-state index in [0.717, 1.165) is 0 Å². The van der Waals surface area contributed by atoms with Crippen LogP contribution in [0.5, 0.6) is 0 Å². The molecule has 0 saturated carbocycles. The topological polar surface area (TPSA) is 40.6 Å². The van der Waals surface area contributed by atoms with Crippen LogP contribution in [0.25, 0.3) is 0 Å². The quantitative estimate of drug-likeness (QED) is 0.668. The molecular weight excluding hydrogens is 376 g/mol. The number of alkyl halides is 2. The van der Waals surface area contributed by atoms with E-state index in [0.29, 0.717) is 8.61 Å². The van der Waals surface area contributed by atoms with E-state index in [1.54, 1.807) is 0 Å². The highest BCUT2D eigenvalue weighted by Gasteiger charge is 2.55. The van der Waals surface area contributed by atoms with Crippen LogP contribution >= 0.6 is 60.0 Å². The molecular formula is C6H8Cl4F2N2O2S2. The largest absolute Gasteiger partial charge is 0.348 e. The van der Waals surface area contributed by atoms with Gasteiger partial charge in [0.2, 0.25) is 0 Å². The summed E-state index contributed by atoms with van der Waals surface area (Å²) in [5, 5.41) is 0. The monoisotopic (exact) mass is 382 g/mol. The minimum atomic E-state index is -3.29. The number of hydrogen-bond acceptors (Lipinski definition) is 2. The fourth-order valence-electron chi connectivity index (χ4n) is 1.31. The fraction of sp³-hybridized carbons (Fsp3) is 0.667. The van der Waals surface area contributed by atoms with Gasteiger partial charge in [-0.25, -0.2) is 17.9 Å². The molecule has 0 aliphatic carbocycles. The molecule has 0 aromatic rings. The molecule has 1 heterocycles. The van der Waals surface area contributed by atoms with Gasteiger partial charge < -0.3 is 0 Å². The number of rotatable bonds is 4. The lowest BCUT2D eigenvalue weighted by molar-refractivity contribution is -0.124. The van der Waals surface area contributed by atoms with Gasteiger partial charge in [-0.1, -0.05) is 0 Å². The molecule has 0 radical (unpaired) electrons. The van der Waals surface area contributed by atoms with Gasteiger partial charge in [-0.05, 0) is 49.7 Å². The van der Waals surface area contributed by atoms with Crippen LogP contribution in [-0.4, -0.2) is 38.6 Å². The fourth-order valence-corrected chi connectivity index (χ4v) is 5.00. The number of halogens is 6. The van der Waals surface area contributed by atoms with Gasteiger partial charge in [-0.15, -0.1) is 0 Å². The summed E-state index contributed by atoms with van der Waals surface area (Å²) in [6.07, 6.45) is 0. The smallest absolute Gasteiger partial charge is 0.271 e. The predicted octanol–water partition coefficient (Wildman–Crippen LogP) is 4.55. The average Bonchev–Trinajstić information content (AvgIpc) is 2.51. The Balaban J connectivity index is 3.17. The third-order valence-corrected chi connectivity index (χ3v) is 7.24. The van der Waals surface area contributed by atoms with Crippen LogP contribution in [0.1, 0.15) is 6.92 Å². The van der Waals surface area contributed by atoms with Crippen molar-refractivity contribution in [3.05, 3.63) is 0 Å². The summed E-state index contributed by atoms with van der Waals surface area (Å²) < 4.78 is 26.4. The van der Waals surface area contributed by atoms with E-state index < -0.39 is 47.3 Å². The van der Waals surface area contributed by atoms with E-state index in [4.69, 9.17) is 42.7 Å². The predicted molar refractivity (Wildman–Crippen MR) is 74.1 cm³/mol. The highest BCUT2D eigenvalue weighted by Crippen LogP contribution is 2.69. The molecule has 3 amide bonds. The molecule has 1 rings (SSSR count). The van der Waals surface area contributed by atoms with Crippen LogP contribution in [0.3, 0.4) is 0 Å². The van der Waals surface area contributed by atoms with Crippen molar-refractivity contribution in [1.29, 1.82) is 0 Å². The second-order valence-electron chi connectivity index (χ2n) is 3.22. The lowest BCUT2D eigenvalue weighted by Gasteiger charge is -2.34. The highest BCUT2D eigenvalue weighted by molar-refractivity contribution is 8.65. The van der Waals surface area contributed by atoms with Crippen LogP contribution < -0.4 is 0 Å². The number of urea groups is 1. The Labute approximate surface area is 123 Å². The Kier molecular flexibility index (Phi) is 5.17. The molecule has 0 bridgehead atoms. The van der Waals surface area contributed by atoms with Gasteiger partial charge in [-0.3, -0.25) is 4.79 Å². The van der Waals surface area contributed by atoms with E-state index in [2.05, 4.69) is 0 Å². The number of amides is 3. The lowest BCUT2D eigenvalue weighted by Crippen LogP contribution is -2.33. The molecule has 1 unspecified atom stereocenters. The van der Waals surface area contributed by atoms with Crippen LogP contribution in [0.4, 0.5) is 13.6 Å². The number of imide groups is 1. The molecule has 12 heteroatoms. The van der Waals surface area contributed by atoms with E-state index in [1.807, 2.05) is 0 Å². The summed E-state index contributed by atoms with van der Waals surface area (Å²) in [6, 6.07) is -4.75. The Morgan fingerprint density at radius 1 is 1.11 bits per heavy atom. The van der Waals surface area contributed by atoms with Crippen LogP contribution in [0, 0.1) is 0 Å². The minimum Gasteiger partial charge on any atom is -0.271 e. The van der Waals surface area contributed by atoms with Gasteiger partial charge in [-0.2, -0.15) is 4.31 Å². The summed E-state index contributed by atoms with van der Waals surface area (Å²) in [5.74, 6) is -0.857. The molecule has 4 nitrogen and oxygen atoms in total. The summed E-state index contributed by atoms with van der Waals surface area (Å²) in [7, 11) is 16.1. The second kappa shape index (κ2) is 5.57. The zero-order valence-electron chi connectivity index (χ0n) is 8.79. The Morgan fingerprint density at radius 3 is 1.94 bits per heavy atom. The van der Waals surface area contributed by atoms with Crippen molar-refractivity contribution < 1.29 is 18.4 Å². The first-order valence-corrected chi connectivity index (χ1v) is 11.1. The first-order valence-electron chi connectivity index (χ1n) is 4.30. The molecule has 1 aliphatic rings. The molecule has 0 spiro atoms. The Bertz CT molecular complexity index is 387. The maximum absolute atomic E-state index is 12.7. The Hall–Kier alpha value is 0.660. The normalized spacial score (nSPS) is 23.8. The summed E-state index contributed by atoms with van der Waals surface area (Å²) in [4.78, 5) is 23.8. The van der Waals surface area contributed by atoms with Gasteiger partial charge in [0, 0.05) is 17.3 Å². The van der Waals surface area contributed by atoms with Crippen molar-refractivity contribution in [2.24, 2.45) is 0 Å². The lowest BCUT2D eigenvalue weighted by atomic mass is 10.4. The maximum atomic E-state index is 12.7. The van der Waals surface area contributed by atoms with Gasteiger partial charge in [0.15, 0.2) is 12.0 Å². The van der Waals surface area contributed by atoms with Crippen molar-refractivity contribution in [1.82, 2.24) is 8.61 Å². The molecule has 1 aliphatic heterocycles. The third kappa shape index (κ3) is 2.73. The summed E-state index contributed by atoms with van der Waals surface area (Å²) in [5.41, 5.74) is 0. The first kappa shape index (κ1) is 16.7. The summed E-state index contributed by atoms with van der Waals surface area (Å²) in [6.45, 7) is 1.28. The van der Waals surface area contributed by atoms with Crippen molar-refractivity contribution in [3.8, 4) is 0 Å². The highest BCUT2D eigenvalue weighted by atomic mass is 36.0. The van der Waals surface area contributed by atoms with Gasteiger partial charge >= 0.3 is 6.03 Å². The minimum absolute atomic E-state index is 0.364. The summed E-state index contributed by atoms with van der Waals surface area (Å²) >= 11 is 0. The van der Waals surface area contributed by atoms with E-state index in [1.165, 1.54) is 6.92 Å². The molecule has 0 aromatic carbocycles. The molecule has 0 N–H and O–H groups in total. The molecule has 0 aromatic heterocycles. The van der Waals surface area contributed by atoms with E-state index in [-0.39, 0.29) is 0 Å². The van der Waals surface area contributed by atoms with Crippen molar-refractivity contribution in [3.63, 3.8) is 0 Å². The number of carbonyl (C=O) groups excluding carboxylic acids is 2. The van der Waals surface area contributed by atoms with Crippen LogP contribution in [0.2, 0.25) is 0 Å². The van der Waals surface area contributed by atoms with Crippen LogP contribution in [0.15, 0.2) is 0 Å². The SMILES string of the molecule is CC1C(=O)N(S(Cl)(Cl)CF)C(=O)N1S(Cl)(Cl)CF. The average molecular weight is 384 g/mol. The van der Waals surface area contributed by atoms with E-state index >= 15 is 0 Å². The number of carbonyl (C=O) groups is 2. The molecule has 108 valence electrons. The Morgan fingerprint density at radius 2 is 1.56 bits per heavy atom. The molecule has 1 atom stereocenters. The number of hydrogen-bond donors (Lipinski definition) is 0. The second-order valence-corrected chi connectivity index (χ2v) is 13.7. The van der Waals surface area contributed by atoms with Crippen molar-refractivity contribution in [2.75, 3.05) is 12.0 Å². The molecule has 18 heavy (non-hydrogen) atoms. The van der Waals surface area contributed by atoms with Gasteiger partial charge in [0.05, 0.1) is 0 Å². The molecule has 1 saturated heterocycles. The van der Waals surface area contributed by atoms with E-state index in [9.17, 15) is 18.4 Å². The van der Waals surface area contributed by atoms with Crippen molar-refractivity contribution in [2.45, 2.75) is 13.0 Å². The maximum Gasteiger partial charge on any atom is 0.348 e. The third-order valence-electron chi connectivity index (χ3n) is 2.09. The van der Waals surface area contributed by atoms with Crippen LogP contribution in [-0.2, 0) is 4.79 Å². The van der Waals surface area contributed by atoms with Gasteiger partial charge in [0.25, 0.3) is 5.91 Å². The van der Waals surface area contributed by atoms with Gasteiger partial charge in [0.1, 0.15) is 6.04 Å². The number of nitrogens with zero attached hydrogens (tertiary/aromatic N) is 2. The first-order chi connectivity index (χ1) is 8.10. The van der Waals surface area contributed by atoms with Crippen molar-refractivity contribution >= 4 is 72.0 Å². The molecule has 1 fully saturated rings. The zero-order valence-corrected chi connectivity index (χ0v) is 13.4. The standard InChI is InChI=1S/C6H8Cl4F2N2O2S2/c1-4-5(15)14(18(9,10)3-12)6(16)13(4)17(7,8)2-11/h4H,2-3H2,1H3. The zero-order chi connectivity index (χ0) is 14.3.